The summed E-state index contributed by atoms with van der Waals surface area (Å²) in [6.45, 7) is 3.61. The lowest BCUT2D eigenvalue weighted by Crippen LogP contribution is -2.12. The highest BCUT2D eigenvalue weighted by Crippen LogP contribution is 2.33. The van der Waals surface area contributed by atoms with Crippen LogP contribution in [0.5, 0.6) is 6.01 Å². The van der Waals surface area contributed by atoms with Crippen LogP contribution in [0.4, 0.5) is 18.9 Å². The molecule has 0 fully saturated rings. The first-order valence-electron chi connectivity index (χ1n) is 12.6. The highest BCUT2D eigenvalue weighted by molar-refractivity contribution is 6.04. The van der Waals surface area contributed by atoms with E-state index in [9.17, 15) is 18.0 Å². The van der Waals surface area contributed by atoms with Crippen LogP contribution in [0, 0.1) is 0 Å². The smallest absolute Gasteiger partial charge is 0.416 e. The maximum Gasteiger partial charge on any atom is 0.416 e. The second-order valence-corrected chi connectivity index (χ2v) is 9.32. The van der Waals surface area contributed by atoms with E-state index in [0.717, 1.165) is 23.3 Å². The largest absolute Gasteiger partial charge is 0.460 e. The van der Waals surface area contributed by atoms with Crippen molar-refractivity contribution in [2.45, 2.75) is 26.1 Å². The van der Waals surface area contributed by atoms with Crippen LogP contribution in [-0.4, -0.2) is 26.8 Å². The van der Waals surface area contributed by atoms with Crippen LogP contribution in [-0.2, 0) is 6.18 Å². The molecule has 0 saturated carbocycles. The summed E-state index contributed by atoms with van der Waals surface area (Å²) in [6.07, 6.45) is -4.73. The Morgan fingerprint density at radius 3 is 2.12 bits per heavy atom. The number of carbonyl (C=O) groups is 1. The number of hydrogen-bond acceptors (Lipinski definition) is 4. The van der Waals surface area contributed by atoms with Crippen LogP contribution >= 0.6 is 0 Å². The van der Waals surface area contributed by atoms with E-state index in [2.05, 4.69) is 15.4 Å². The first kappa shape index (κ1) is 26.7. The molecule has 6 nitrogen and oxygen atoms in total. The van der Waals surface area contributed by atoms with Crippen LogP contribution in [0.25, 0.3) is 28.2 Å². The zero-order chi connectivity index (χ0) is 28.3. The van der Waals surface area contributed by atoms with Crippen molar-refractivity contribution in [2.75, 3.05) is 5.32 Å². The lowest BCUT2D eigenvalue weighted by Gasteiger charge is -2.10. The molecule has 202 valence electrons. The maximum atomic E-state index is 13.4. The average molecular weight is 543 g/mol. The molecule has 9 heteroatoms. The molecule has 0 radical (unpaired) electrons. The molecule has 1 amide bonds. The zero-order valence-electron chi connectivity index (χ0n) is 21.7. The van der Waals surface area contributed by atoms with E-state index >= 15 is 0 Å². The van der Waals surface area contributed by atoms with E-state index in [1.807, 2.05) is 42.5 Å². The van der Waals surface area contributed by atoms with Crippen molar-refractivity contribution in [3.05, 3.63) is 114 Å². The minimum atomic E-state index is -4.50. The molecule has 1 heterocycles. The Kier molecular flexibility index (Phi) is 7.37. The van der Waals surface area contributed by atoms with Crippen LogP contribution < -0.4 is 10.1 Å². The highest BCUT2D eigenvalue weighted by Gasteiger charge is 2.31. The molecule has 0 atom stereocenters. The number of halogens is 3. The monoisotopic (exact) mass is 542 g/mol. The fourth-order valence-electron chi connectivity index (χ4n) is 4.09. The minimum absolute atomic E-state index is 0.0405. The van der Waals surface area contributed by atoms with Crippen molar-refractivity contribution in [2.24, 2.45) is 0 Å². The van der Waals surface area contributed by atoms with E-state index in [1.54, 1.807) is 50.2 Å². The summed E-state index contributed by atoms with van der Waals surface area (Å²) < 4.78 is 47.1. The Hall–Kier alpha value is -4.92. The molecule has 0 aliphatic heterocycles. The number of hydrogen-bond donors (Lipinski definition) is 1. The molecule has 0 unspecified atom stereocenters. The van der Waals surface area contributed by atoms with Gasteiger partial charge in [-0.25, -0.2) is 4.68 Å². The van der Waals surface area contributed by atoms with Gasteiger partial charge in [0.05, 0.1) is 17.4 Å². The third-order valence-electron chi connectivity index (χ3n) is 6.00. The van der Waals surface area contributed by atoms with Crippen molar-refractivity contribution in [3.8, 4) is 34.2 Å². The number of benzene rings is 4. The van der Waals surface area contributed by atoms with Crippen LogP contribution in [0.15, 0.2) is 103 Å². The summed E-state index contributed by atoms with van der Waals surface area (Å²) in [5.41, 5.74) is 3.08. The SMILES string of the molecule is CC(C)Oc1nc(-c2cccc(C(F)(F)F)c2)n(-c2ccc(NC(=O)c3ccc(-c4ccccc4)cc3)cc2)n1. The molecule has 5 rings (SSSR count). The maximum absolute atomic E-state index is 13.4. The van der Waals surface area contributed by atoms with Gasteiger partial charge in [-0.1, -0.05) is 54.6 Å². The molecule has 0 aliphatic carbocycles. The number of carbonyl (C=O) groups excluding carboxylic acids is 1. The first-order valence-corrected chi connectivity index (χ1v) is 12.6. The molecule has 0 saturated heterocycles. The van der Waals surface area contributed by atoms with Gasteiger partial charge >= 0.3 is 12.2 Å². The Morgan fingerprint density at radius 2 is 1.48 bits per heavy atom. The number of aromatic nitrogens is 3. The Morgan fingerprint density at radius 1 is 0.825 bits per heavy atom. The van der Waals surface area contributed by atoms with Gasteiger partial charge in [0, 0.05) is 16.8 Å². The number of anilines is 1. The van der Waals surface area contributed by atoms with Crippen molar-refractivity contribution in [1.82, 2.24) is 14.8 Å². The summed E-state index contributed by atoms with van der Waals surface area (Å²) in [6, 6.07) is 28.9. The van der Waals surface area contributed by atoms with E-state index in [4.69, 9.17) is 4.74 Å². The lowest BCUT2D eigenvalue weighted by molar-refractivity contribution is -0.137. The molecule has 40 heavy (non-hydrogen) atoms. The number of nitrogens with zero attached hydrogens (tertiary/aromatic N) is 3. The van der Waals surface area contributed by atoms with Gasteiger partial charge in [-0.05, 0) is 73.5 Å². The predicted molar refractivity (Wildman–Crippen MR) is 147 cm³/mol. The molecule has 0 spiro atoms. The topological polar surface area (TPSA) is 69.0 Å². The number of alkyl halides is 3. The van der Waals surface area contributed by atoms with Gasteiger partial charge in [-0.2, -0.15) is 18.2 Å². The minimum Gasteiger partial charge on any atom is -0.460 e. The zero-order valence-corrected chi connectivity index (χ0v) is 21.7. The molecule has 0 aliphatic rings. The van der Waals surface area contributed by atoms with Crippen LogP contribution in [0.1, 0.15) is 29.8 Å². The Balaban J connectivity index is 1.38. The Bertz CT molecular complexity index is 1610. The van der Waals surface area contributed by atoms with Crippen molar-refractivity contribution in [1.29, 1.82) is 0 Å². The van der Waals surface area contributed by atoms with Gasteiger partial charge in [0.2, 0.25) is 0 Å². The summed E-state index contributed by atoms with van der Waals surface area (Å²) in [5.74, 6) is -0.0811. The molecular formula is C31H25F3N4O2. The summed E-state index contributed by atoms with van der Waals surface area (Å²) in [4.78, 5) is 17.2. The van der Waals surface area contributed by atoms with E-state index in [1.165, 1.54) is 16.8 Å². The fraction of sp³-hybridized carbons (Fsp3) is 0.129. The first-order chi connectivity index (χ1) is 19.2. The fourth-order valence-corrected chi connectivity index (χ4v) is 4.09. The van der Waals surface area contributed by atoms with E-state index < -0.39 is 11.7 Å². The molecule has 1 aromatic heterocycles. The van der Waals surface area contributed by atoms with Gasteiger partial charge in [0.1, 0.15) is 0 Å². The second kappa shape index (κ2) is 11.1. The van der Waals surface area contributed by atoms with Gasteiger partial charge in [-0.15, -0.1) is 5.10 Å². The van der Waals surface area contributed by atoms with Gasteiger partial charge < -0.3 is 10.1 Å². The third kappa shape index (κ3) is 6.04. The molecule has 0 bridgehead atoms. The number of ether oxygens (including phenoxy) is 1. The lowest BCUT2D eigenvalue weighted by atomic mass is 10.0. The van der Waals surface area contributed by atoms with Gasteiger partial charge in [0.15, 0.2) is 5.82 Å². The summed E-state index contributed by atoms with van der Waals surface area (Å²) in [7, 11) is 0. The van der Waals surface area contributed by atoms with E-state index in [-0.39, 0.29) is 29.4 Å². The average Bonchev–Trinajstić information content (AvgIpc) is 3.37. The number of rotatable bonds is 7. The number of nitrogens with one attached hydrogen (secondary N) is 1. The quantitative estimate of drug-likeness (QED) is 0.229. The van der Waals surface area contributed by atoms with Gasteiger partial charge in [-0.3, -0.25) is 4.79 Å². The molecule has 1 N–H and O–H groups in total. The summed E-state index contributed by atoms with van der Waals surface area (Å²) >= 11 is 0. The standard InChI is InChI=1S/C31H25F3N4O2/c1-20(2)40-30-36-28(24-9-6-10-25(19-24)31(32,33)34)38(37-30)27-17-15-26(16-18-27)35-29(39)23-13-11-22(12-14-23)21-7-4-3-5-8-21/h3-20H,1-2H3,(H,35,39). The van der Waals surface area contributed by atoms with Crippen molar-refractivity contribution >= 4 is 11.6 Å². The second-order valence-electron chi connectivity index (χ2n) is 9.32. The third-order valence-corrected chi connectivity index (χ3v) is 6.00. The van der Waals surface area contributed by atoms with Crippen LogP contribution in [0.3, 0.4) is 0 Å². The Labute approximate surface area is 229 Å². The molecule has 5 aromatic rings. The van der Waals surface area contributed by atoms with Crippen molar-refractivity contribution < 1.29 is 22.7 Å². The molecular weight excluding hydrogens is 517 g/mol. The normalized spacial score (nSPS) is 11.4. The highest BCUT2D eigenvalue weighted by atomic mass is 19.4. The van der Waals surface area contributed by atoms with Crippen LogP contribution in [0.2, 0.25) is 0 Å². The van der Waals surface area contributed by atoms with Crippen molar-refractivity contribution in [3.63, 3.8) is 0 Å². The number of amides is 1. The predicted octanol–water partition coefficient (Wildman–Crippen LogP) is 7.66. The van der Waals surface area contributed by atoms with Gasteiger partial charge in [0.25, 0.3) is 5.91 Å². The summed E-state index contributed by atoms with van der Waals surface area (Å²) in [5, 5.41) is 7.24. The van der Waals surface area contributed by atoms with E-state index in [0.29, 0.717) is 16.9 Å². The molecule has 4 aromatic carbocycles.